The van der Waals surface area contributed by atoms with Gasteiger partial charge in [0.25, 0.3) is 0 Å². The number of rotatable bonds is 3. The zero-order chi connectivity index (χ0) is 13.2. The summed E-state index contributed by atoms with van der Waals surface area (Å²) in [4.78, 5) is 8.67. The number of pyridine rings is 1. The Morgan fingerprint density at radius 2 is 1.55 bits per heavy atom. The van der Waals surface area contributed by atoms with Gasteiger partial charge in [0.1, 0.15) is 0 Å². The van der Waals surface area contributed by atoms with E-state index in [-0.39, 0.29) is 31.9 Å². The average Bonchev–Trinajstić information content (AvgIpc) is 3.16. The molecule has 1 aromatic heterocycles. The summed E-state index contributed by atoms with van der Waals surface area (Å²) < 4.78 is 0. The summed E-state index contributed by atoms with van der Waals surface area (Å²) in [5.41, 5.74) is 1.06. The van der Waals surface area contributed by atoms with Crippen LogP contribution in [-0.4, -0.2) is 11.2 Å². The van der Waals surface area contributed by atoms with E-state index in [0.29, 0.717) is 0 Å². The summed E-state index contributed by atoms with van der Waals surface area (Å²) in [5, 5.41) is 0. The fraction of sp³-hybridized carbons (Fsp3) is 0.579. The molecule has 2 aliphatic carbocycles. The largest absolute Gasteiger partial charge is 2.00 e. The van der Waals surface area contributed by atoms with Crippen molar-refractivity contribution in [1.29, 1.82) is 0 Å². The molecule has 0 spiro atoms. The summed E-state index contributed by atoms with van der Waals surface area (Å²) in [6, 6.07) is 5.96. The van der Waals surface area contributed by atoms with Gasteiger partial charge in [-0.15, -0.1) is 0 Å². The van der Waals surface area contributed by atoms with E-state index in [1.54, 1.807) is 0 Å². The average molecular weight is 344 g/mol. The van der Waals surface area contributed by atoms with Crippen LogP contribution in [0.4, 0.5) is 0 Å². The van der Waals surface area contributed by atoms with Gasteiger partial charge in [0, 0.05) is 12.4 Å². The molecule has 126 valence electrons. The predicted molar refractivity (Wildman–Crippen MR) is 94.3 cm³/mol. The van der Waals surface area contributed by atoms with Crippen molar-refractivity contribution in [1.82, 2.24) is 4.98 Å². The van der Waals surface area contributed by atoms with Gasteiger partial charge >= 0.3 is 17.1 Å². The molecule has 2 aliphatic rings. The molecule has 2 nitrogen and oxygen atoms in total. The van der Waals surface area contributed by atoms with E-state index in [4.69, 9.17) is 0 Å². The Kier molecular flexibility index (Phi) is 16.4. The van der Waals surface area contributed by atoms with Gasteiger partial charge in [0.05, 0.1) is 12.2 Å². The molecule has 0 aromatic carbocycles. The molecule has 1 heterocycles. The van der Waals surface area contributed by atoms with Gasteiger partial charge in [-0.3, -0.25) is 9.98 Å². The number of hydrogen-bond donors (Lipinski definition) is 0. The normalized spacial score (nSPS) is 16.9. The molecule has 0 amide bonds. The molecule has 0 radical (unpaired) electrons. The Hall–Kier alpha value is -0.661. The van der Waals surface area contributed by atoms with E-state index in [2.05, 4.69) is 16.2 Å². The molecule has 22 heavy (non-hydrogen) atoms. The summed E-state index contributed by atoms with van der Waals surface area (Å²) in [7, 11) is 0. The minimum absolute atomic E-state index is 0. The van der Waals surface area contributed by atoms with E-state index >= 15 is 0 Å². The molecule has 0 aliphatic heterocycles. The first-order valence-electron chi connectivity index (χ1n) is 7.85. The SMILES string of the molecule is C(=NCc1ccccn1)C1CCCC1.C1CCCC1.[CH3-].[CH3-].[Fe+2]. The van der Waals surface area contributed by atoms with Crippen LogP contribution in [0.5, 0.6) is 0 Å². The van der Waals surface area contributed by atoms with Crippen molar-refractivity contribution >= 4 is 6.21 Å². The summed E-state index contributed by atoms with van der Waals surface area (Å²) in [6.45, 7) is 0.733. The van der Waals surface area contributed by atoms with E-state index < -0.39 is 0 Å². The molecule has 2 fully saturated rings. The van der Waals surface area contributed by atoms with Crippen LogP contribution in [0.2, 0.25) is 0 Å². The molecule has 0 saturated heterocycles. The third-order valence-electron chi connectivity index (χ3n) is 3.95. The van der Waals surface area contributed by atoms with Crippen molar-refractivity contribution in [2.45, 2.75) is 64.3 Å². The fourth-order valence-electron chi connectivity index (χ4n) is 2.78. The second kappa shape index (κ2) is 15.2. The van der Waals surface area contributed by atoms with Crippen molar-refractivity contribution in [2.75, 3.05) is 0 Å². The molecular weight excluding hydrogens is 312 g/mol. The van der Waals surface area contributed by atoms with Crippen LogP contribution < -0.4 is 0 Å². The van der Waals surface area contributed by atoms with Gasteiger partial charge in [-0.1, -0.05) is 51.0 Å². The topological polar surface area (TPSA) is 25.2 Å². The number of aromatic nitrogens is 1. The molecule has 0 atom stereocenters. The first kappa shape index (κ1) is 23.6. The van der Waals surface area contributed by atoms with Gasteiger partial charge in [0.2, 0.25) is 0 Å². The zero-order valence-electron chi connectivity index (χ0n) is 14.3. The van der Waals surface area contributed by atoms with Gasteiger partial charge in [-0.05, 0) is 30.9 Å². The van der Waals surface area contributed by atoms with Crippen LogP contribution in [0.3, 0.4) is 0 Å². The Labute approximate surface area is 148 Å². The maximum absolute atomic E-state index is 4.44. The van der Waals surface area contributed by atoms with Crippen molar-refractivity contribution in [2.24, 2.45) is 10.9 Å². The monoisotopic (exact) mass is 344 g/mol. The van der Waals surface area contributed by atoms with Crippen LogP contribution in [0, 0.1) is 20.8 Å². The molecule has 3 heteroatoms. The van der Waals surface area contributed by atoms with E-state index in [1.807, 2.05) is 24.4 Å². The van der Waals surface area contributed by atoms with Crippen LogP contribution >= 0.6 is 0 Å². The molecule has 2 saturated carbocycles. The molecule has 0 bridgehead atoms. The first-order valence-corrected chi connectivity index (χ1v) is 7.85. The smallest absolute Gasteiger partial charge is 0.358 e. The van der Waals surface area contributed by atoms with Gasteiger partial charge in [0.15, 0.2) is 0 Å². The minimum atomic E-state index is 0. The van der Waals surface area contributed by atoms with Gasteiger partial charge < -0.3 is 14.9 Å². The van der Waals surface area contributed by atoms with Crippen LogP contribution in [0.15, 0.2) is 29.4 Å². The third-order valence-corrected chi connectivity index (χ3v) is 3.95. The summed E-state index contributed by atoms with van der Waals surface area (Å²) in [5.74, 6) is 0.735. The van der Waals surface area contributed by atoms with E-state index in [0.717, 1.165) is 18.2 Å². The summed E-state index contributed by atoms with van der Waals surface area (Å²) in [6.07, 6.45) is 16.8. The minimum Gasteiger partial charge on any atom is -0.358 e. The van der Waals surface area contributed by atoms with Crippen molar-refractivity contribution in [3.8, 4) is 0 Å². The molecular formula is C19H32FeN2. The standard InChI is InChI=1S/C12H16N2.C5H10.2CH3.Fe/c1-2-6-11(5-1)9-13-10-12-7-3-4-8-14-12;1-2-4-5-3-1;;;/h3-4,7-9,11H,1-2,5-6,10H2;1-5H2;2*1H3;/q;;2*-1;+2. The maximum Gasteiger partial charge on any atom is 2.00 e. The summed E-state index contributed by atoms with van der Waals surface area (Å²) >= 11 is 0. The second-order valence-corrected chi connectivity index (χ2v) is 5.62. The van der Waals surface area contributed by atoms with Crippen molar-refractivity contribution < 1.29 is 17.1 Å². The maximum atomic E-state index is 4.44. The number of aliphatic imine (C=N–C) groups is 1. The molecule has 3 rings (SSSR count). The molecule has 0 N–H and O–H groups in total. The Morgan fingerprint density at radius 1 is 0.955 bits per heavy atom. The molecule has 0 unspecified atom stereocenters. The van der Waals surface area contributed by atoms with Gasteiger partial charge in [-0.25, -0.2) is 0 Å². The van der Waals surface area contributed by atoms with Crippen molar-refractivity contribution in [3.05, 3.63) is 44.9 Å². The Morgan fingerprint density at radius 3 is 2.05 bits per heavy atom. The quantitative estimate of drug-likeness (QED) is 0.393. The Bertz CT molecular complexity index is 347. The number of hydrogen-bond acceptors (Lipinski definition) is 2. The Balaban J connectivity index is 0. The van der Waals surface area contributed by atoms with Crippen molar-refractivity contribution in [3.63, 3.8) is 0 Å². The third kappa shape index (κ3) is 10.1. The zero-order valence-corrected chi connectivity index (χ0v) is 15.4. The predicted octanol–water partition coefficient (Wildman–Crippen LogP) is 5.69. The number of nitrogens with zero attached hydrogens (tertiary/aromatic N) is 2. The second-order valence-electron chi connectivity index (χ2n) is 5.62. The van der Waals surface area contributed by atoms with E-state index in [1.165, 1.54) is 57.8 Å². The van der Waals surface area contributed by atoms with Crippen LogP contribution in [-0.2, 0) is 23.6 Å². The van der Waals surface area contributed by atoms with Gasteiger partial charge in [-0.2, -0.15) is 0 Å². The molecule has 1 aromatic rings. The first-order chi connectivity index (χ1) is 9.45. The fourth-order valence-corrected chi connectivity index (χ4v) is 2.78. The van der Waals surface area contributed by atoms with Crippen LogP contribution in [0.25, 0.3) is 0 Å². The van der Waals surface area contributed by atoms with Crippen LogP contribution in [0.1, 0.15) is 63.5 Å². The van der Waals surface area contributed by atoms with E-state index in [9.17, 15) is 0 Å².